The maximum atomic E-state index is 12.9. The molecular formula is C20H27N3O4S. The van der Waals surface area contributed by atoms with Gasteiger partial charge in [-0.3, -0.25) is 4.79 Å². The lowest BCUT2D eigenvalue weighted by molar-refractivity contribution is -0.148. The van der Waals surface area contributed by atoms with E-state index in [1.807, 2.05) is 26.8 Å². The van der Waals surface area contributed by atoms with Gasteiger partial charge in [0.2, 0.25) is 5.91 Å². The Morgan fingerprint density at radius 2 is 1.86 bits per heavy atom. The molecule has 0 aliphatic carbocycles. The minimum Gasteiger partial charge on any atom is -0.480 e. The highest BCUT2D eigenvalue weighted by Crippen LogP contribution is 2.20. The molecule has 0 fully saturated rings. The number of hydrogen-bond donors (Lipinski definition) is 3. The SMILES string of the molecule is CCCCC(S)C(=O)N(C(=O)Nc1ccc(C#N)cc1)[C@@H](CC(C)C)C(=O)O. The van der Waals surface area contributed by atoms with Gasteiger partial charge in [-0.2, -0.15) is 17.9 Å². The molecule has 0 radical (unpaired) electrons. The van der Waals surface area contributed by atoms with Crippen molar-refractivity contribution in [1.29, 1.82) is 5.26 Å². The number of nitrogens with zero attached hydrogens (tertiary/aromatic N) is 2. The molecule has 8 heteroatoms. The maximum Gasteiger partial charge on any atom is 0.329 e. The van der Waals surface area contributed by atoms with E-state index in [0.29, 0.717) is 17.7 Å². The third-order valence-corrected chi connectivity index (χ3v) is 4.61. The van der Waals surface area contributed by atoms with Crippen molar-refractivity contribution in [3.8, 4) is 6.07 Å². The highest BCUT2D eigenvalue weighted by atomic mass is 32.1. The van der Waals surface area contributed by atoms with E-state index < -0.39 is 29.2 Å². The van der Waals surface area contributed by atoms with Gasteiger partial charge < -0.3 is 10.4 Å². The van der Waals surface area contributed by atoms with E-state index in [1.54, 1.807) is 0 Å². The summed E-state index contributed by atoms with van der Waals surface area (Å²) in [7, 11) is 0. The number of aliphatic carboxylic acids is 1. The second kappa shape index (κ2) is 11.3. The Morgan fingerprint density at radius 1 is 1.25 bits per heavy atom. The van der Waals surface area contributed by atoms with Crippen molar-refractivity contribution in [3.63, 3.8) is 0 Å². The molecular weight excluding hydrogens is 378 g/mol. The number of thiol groups is 1. The number of nitriles is 1. The number of imide groups is 1. The molecule has 1 aromatic rings. The maximum absolute atomic E-state index is 12.9. The quantitative estimate of drug-likeness (QED) is 0.540. The van der Waals surface area contributed by atoms with Crippen LogP contribution in [0.25, 0.3) is 0 Å². The Balaban J connectivity index is 3.15. The van der Waals surface area contributed by atoms with Crippen LogP contribution in [0.2, 0.25) is 0 Å². The molecule has 2 atom stereocenters. The van der Waals surface area contributed by atoms with Gasteiger partial charge in [-0.1, -0.05) is 33.6 Å². The number of nitrogens with one attached hydrogen (secondary N) is 1. The summed E-state index contributed by atoms with van der Waals surface area (Å²) < 4.78 is 0. The molecule has 0 spiro atoms. The summed E-state index contributed by atoms with van der Waals surface area (Å²) in [4.78, 5) is 38.3. The van der Waals surface area contributed by atoms with Crippen LogP contribution in [0.4, 0.5) is 10.5 Å². The van der Waals surface area contributed by atoms with E-state index in [0.717, 1.165) is 17.7 Å². The smallest absolute Gasteiger partial charge is 0.329 e. The first kappa shape index (κ1) is 23.5. The molecule has 7 nitrogen and oxygen atoms in total. The van der Waals surface area contributed by atoms with Crippen molar-refractivity contribution in [2.45, 2.75) is 57.7 Å². The summed E-state index contributed by atoms with van der Waals surface area (Å²) in [6.45, 7) is 5.62. The Morgan fingerprint density at radius 3 is 2.32 bits per heavy atom. The molecule has 2 N–H and O–H groups in total. The zero-order chi connectivity index (χ0) is 21.3. The molecule has 28 heavy (non-hydrogen) atoms. The van der Waals surface area contributed by atoms with Crippen molar-refractivity contribution in [2.75, 3.05) is 5.32 Å². The number of carbonyl (C=O) groups excluding carboxylic acids is 2. The number of hydrogen-bond acceptors (Lipinski definition) is 5. The van der Waals surface area contributed by atoms with Gasteiger partial charge in [0, 0.05) is 5.69 Å². The molecule has 0 bridgehead atoms. The minimum absolute atomic E-state index is 0.0341. The molecule has 0 aromatic heterocycles. The molecule has 1 aromatic carbocycles. The second-order valence-corrected chi connectivity index (χ2v) is 7.59. The number of rotatable bonds is 9. The van der Waals surface area contributed by atoms with Crippen LogP contribution in [0.3, 0.4) is 0 Å². The molecule has 152 valence electrons. The van der Waals surface area contributed by atoms with Crippen LogP contribution >= 0.6 is 12.6 Å². The topological polar surface area (TPSA) is 111 Å². The first-order valence-corrected chi connectivity index (χ1v) is 9.77. The lowest BCUT2D eigenvalue weighted by Crippen LogP contribution is -2.53. The Labute approximate surface area is 171 Å². The first-order chi connectivity index (χ1) is 13.2. The number of urea groups is 1. The molecule has 0 aliphatic rings. The largest absolute Gasteiger partial charge is 0.480 e. The van der Waals surface area contributed by atoms with Gasteiger partial charge in [-0.15, -0.1) is 0 Å². The molecule has 1 rings (SSSR count). The molecule has 0 heterocycles. The van der Waals surface area contributed by atoms with E-state index >= 15 is 0 Å². The van der Waals surface area contributed by atoms with Gasteiger partial charge in [-0.05, 0) is 43.0 Å². The van der Waals surface area contributed by atoms with Gasteiger partial charge in [0.05, 0.1) is 16.9 Å². The molecule has 0 saturated carbocycles. The Bertz CT molecular complexity index is 728. The van der Waals surface area contributed by atoms with E-state index in [-0.39, 0.29) is 12.3 Å². The predicted molar refractivity (Wildman–Crippen MR) is 110 cm³/mol. The predicted octanol–water partition coefficient (Wildman–Crippen LogP) is 3.91. The fraction of sp³-hybridized carbons (Fsp3) is 0.500. The third-order valence-electron chi connectivity index (χ3n) is 4.13. The summed E-state index contributed by atoms with van der Waals surface area (Å²) in [6, 6.07) is 5.94. The van der Waals surface area contributed by atoms with Crippen molar-refractivity contribution >= 4 is 36.2 Å². The summed E-state index contributed by atoms with van der Waals surface area (Å²) in [5.74, 6) is -1.91. The average molecular weight is 406 g/mol. The fourth-order valence-corrected chi connectivity index (χ4v) is 2.96. The normalized spacial score (nSPS) is 12.7. The molecule has 1 unspecified atom stereocenters. The van der Waals surface area contributed by atoms with E-state index in [2.05, 4.69) is 17.9 Å². The summed E-state index contributed by atoms with van der Waals surface area (Å²) in [6.07, 6.45) is 2.19. The highest BCUT2D eigenvalue weighted by molar-refractivity contribution is 7.81. The van der Waals surface area contributed by atoms with E-state index in [9.17, 15) is 19.5 Å². The summed E-state index contributed by atoms with van der Waals surface area (Å²) >= 11 is 4.30. The van der Waals surface area contributed by atoms with Crippen LogP contribution in [0.15, 0.2) is 24.3 Å². The monoisotopic (exact) mass is 405 g/mol. The number of unbranched alkanes of at least 4 members (excludes halogenated alkanes) is 1. The standard InChI is InChI=1S/C20H27N3O4S/c1-4-5-6-17(28)18(24)23(16(19(25)26)11-13(2)3)20(27)22-15-9-7-14(12-21)8-10-15/h7-10,13,16-17,28H,4-6,11H2,1-3H3,(H,22,27)(H,25,26)/t16-,17?/m0/s1. The van der Waals surface area contributed by atoms with Crippen molar-refractivity contribution in [3.05, 3.63) is 29.8 Å². The average Bonchev–Trinajstić information content (AvgIpc) is 2.65. The number of anilines is 1. The van der Waals surface area contributed by atoms with Gasteiger partial charge in [0.15, 0.2) is 0 Å². The molecule has 0 aliphatic heterocycles. The van der Waals surface area contributed by atoms with Crippen molar-refractivity contribution in [1.82, 2.24) is 4.90 Å². The zero-order valence-electron chi connectivity index (χ0n) is 16.4. The number of benzene rings is 1. The van der Waals surface area contributed by atoms with Crippen LogP contribution < -0.4 is 5.32 Å². The van der Waals surface area contributed by atoms with Gasteiger partial charge in [-0.25, -0.2) is 14.5 Å². The van der Waals surface area contributed by atoms with Crippen LogP contribution in [0.5, 0.6) is 0 Å². The molecule has 0 saturated heterocycles. The fourth-order valence-electron chi connectivity index (χ4n) is 2.65. The lowest BCUT2D eigenvalue weighted by Gasteiger charge is -2.30. The van der Waals surface area contributed by atoms with Gasteiger partial charge in [0.1, 0.15) is 6.04 Å². The van der Waals surface area contributed by atoms with Gasteiger partial charge in [0.25, 0.3) is 0 Å². The lowest BCUT2D eigenvalue weighted by atomic mass is 10.0. The molecule has 3 amide bonds. The third kappa shape index (κ3) is 6.89. The second-order valence-electron chi connectivity index (χ2n) is 6.97. The first-order valence-electron chi connectivity index (χ1n) is 9.26. The van der Waals surface area contributed by atoms with E-state index in [1.165, 1.54) is 24.3 Å². The summed E-state index contributed by atoms with van der Waals surface area (Å²) in [5.41, 5.74) is 0.781. The Kier molecular flexibility index (Phi) is 9.52. The van der Waals surface area contributed by atoms with Crippen LogP contribution in [0, 0.1) is 17.2 Å². The van der Waals surface area contributed by atoms with Crippen LogP contribution in [-0.2, 0) is 9.59 Å². The summed E-state index contributed by atoms with van der Waals surface area (Å²) in [5, 5.41) is 20.3. The Hall–Kier alpha value is -2.53. The minimum atomic E-state index is -1.29. The van der Waals surface area contributed by atoms with Gasteiger partial charge >= 0.3 is 12.0 Å². The highest BCUT2D eigenvalue weighted by Gasteiger charge is 2.37. The van der Waals surface area contributed by atoms with Crippen LogP contribution in [-0.4, -0.2) is 39.2 Å². The zero-order valence-corrected chi connectivity index (χ0v) is 17.3. The van der Waals surface area contributed by atoms with Crippen molar-refractivity contribution in [2.24, 2.45) is 5.92 Å². The van der Waals surface area contributed by atoms with E-state index in [4.69, 9.17) is 5.26 Å². The van der Waals surface area contributed by atoms with Crippen LogP contribution in [0.1, 0.15) is 52.0 Å². The number of carboxylic acid groups (broad SMARTS) is 1. The number of carbonyl (C=O) groups is 3. The van der Waals surface area contributed by atoms with Crippen molar-refractivity contribution < 1.29 is 19.5 Å². The number of amides is 3. The number of carboxylic acids is 1.